The molecule has 0 amide bonds. The number of rotatable bonds is 6. The third-order valence-corrected chi connectivity index (χ3v) is 5.45. The molecule has 0 fully saturated rings. The number of aromatic carboxylic acids is 1. The summed E-state index contributed by atoms with van der Waals surface area (Å²) in [6, 6.07) is 18.5. The van der Waals surface area contributed by atoms with E-state index < -0.39 is 16.0 Å². The first-order valence-electron chi connectivity index (χ1n) is 8.90. The Morgan fingerprint density at radius 2 is 1.70 bits per heavy atom. The lowest BCUT2D eigenvalue weighted by Crippen LogP contribution is -2.11. The van der Waals surface area contributed by atoms with Crippen molar-refractivity contribution in [2.24, 2.45) is 5.14 Å². The van der Waals surface area contributed by atoms with E-state index in [0.717, 1.165) is 5.56 Å². The maximum absolute atomic E-state index is 11.5. The van der Waals surface area contributed by atoms with E-state index in [0.29, 0.717) is 22.9 Å². The van der Waals surface area contributed by atoms with Crippen LogP contribution in [0.5, 0.6) is 0 Å². The molecule has 0 radical (unpaired) electrons. The second-order valence-corrected chi connectivity index (χ2v) is 8.11. The van der Waals surface area contributed by atoms with Crippen molar-refractivity contribution in [1.29, 1.82) is 0 Å². The van der Waals surface area contributed by atoms with Crippen LogP contribution in [0.3, 0.4) is 0 Å². The Hall–Kier alpha value is -3.69. The van der Waals surface area contributed by atoms with Gasteiger partial charge in [0.25, 0.3) is 0 Å². The third-order valence-electron chi connectivity index (χ3n) is 4.52. The highest BCUT2D eigenvalue weighted by Crippen LogP contribution is 2.33. The van der Waals surface area contributed by atoms with Crippen molar-refractivity contribution in [2.75, 3.05) is 0 Å². The van der Waals surface area contributed by atoms with E-state index in [1.807, 2.05) is 30.3 Å². The van der Waals surface area contributed by atoms with Gasteiger partial charge in [-0.3, -0.25) is 0 Å². The predicted molar refractivity (Wildman–Crippen MR) is 109 cm³/mol. The second kappa shape index (κ2) is 7.62. The Balaban J connectivity index is 1.79. The number of sulfonamides is 1. The maximum atomic E-state index is 11.5. The van der Waals surface area contributed by atoms with Gasteiger partial charge in [-0.05, 0) is 36.4 Å². The number of oxazole rings is 1. The SMILES string of the molecule is NS(=O)(=O)c1ccc(-c2oc(Cn3cccc3C(=O)O)nc2-c2ccccc2)cc1. The van der Waals surface area contributed by atoms with Crippen LogP contribution in [-0.4, -0.2) is 29.0 Å². The standard InChI is InChI=1S/C21H17N3O5S/c22-30(27,28)16-10-8-15(9-11-16)20-19(14-5-2-1-3-6-14)23-18(29-20)13-24-12-4-7-17(24)21(25)26/h1-12H,13H2,(H,25,26)(H2,22,27,28). The Labute approximate surface area is 172 Å². The molecule has 3 N–H and O–H groups in total. The molecule has 0 unspecified atom stereocenters. The summed E-state index contributed by atoms with van der Waals surface area (Å²) in [5, 5.41) is 14.5. The minimum absolute atomic E-state index is 0.00862. The molecule has 2 aromatic carbocycles. The molecule has 0 aliphatic carbocycles. The summed E-state index contributed by atoms with van der Waals surface area (Å²) in [6.45, 7) is 0.129. The number of nitrogens with zero attached hydrogens (tertiary/aromatic N) is 2. The van der Waals surface area contributed by atoms with Crippen LogP contribution in [0, 0.1) is 0 Å². The Morgan fingerprint density at radius 3 is 2.33 bits per heavy atom. The van der Waals surface area contributed by atoms with Crippen LogP contribution in [0.15, 0.2) is 82.2 Å². The molecule has 0 spiro atoms. The molecule has 152 valence electrons. The summed E-state index contributed by atoms with van der Waals surface area (Å²) in [5.74, 6) is -0.284. The lowest BCUT2D eigenvalue weighted by Gasteiger charge is -2.03. The Morgan fingerprint density at radius 1 is 1.00 bits per heavy atom. The molecule has 0 saturated heterocycles. The molecule has 0 aliphatic heterocycles. The van der Waals surface area contributed by atoms with Crippen molar-refractivity contribution in [3.8, 4) is 22.6 Å². The maximum Gasteiger partial charge on any atom is 0.352 e. The number of carboxylic acids is 1. The van der Waals surface area contributed by atoms with Crippen molar-refractivity contribution in [2.45, 2.75) is 11.4 Å². The number of nitrogens with two attached hydrogens (primary N) is 1. The van der Waals surface area contributed by atoms with Crippen LogP contribution in [0.1, 0.15) is 16.4 Å². The van der Waals surface area contributed by atoms with E-state index in [4.69, 9.17) is 9.56 Å². The van der Waals surface area contributed by atoms with Gasteiger partial charge in [0.15, 0.2) is 5.76 Å². The van der Waals surface area contributed by atoms with E-state index in [2.05, 4.69) is 4.98 Å². The minimum Gasteiger partial charge on any atom is -0.477 e. The lowest BCUT2D eigenvalue weighted by molar-refractivity contribution is 0.0685. The van der Waals surface area contributed by atoms with Crippen LogP contribution in [0.4, 0.5) is 0 Å². The fourth-order valence-electron chi connectivity index (χ4n) is 3.11. The number of carboxylic acid groups (broad SMARTS) is 1. The summed E-state index contributed by atoms with van der Waals surface area (Å²) in [7, 11) is -3.81. The van der Waals surface area contributed by atoms with Crippen LogP contribution >= 0.6 is 0 Å². The molecule has 0 bridgehead atoms. The topological polar surface area (TPSA) is 128 Å². The molecule has 30 heavy (non-hydrogen) atoms. The van der Waals surface area contributed by atoms with Crippen molar-refractivity contribution in [3.05, 3.63) is 84.5 Å². The quantitative estimate of drug-likeness (QED) is 0.490. The van der Waals surface area contributed by atoms with Crippen LogP contribution in [0.25, 0.3) is 22.6 Å². The van der Waals surface area contributed by atoms with Crippen molar-refractivity contribution in [1.82, 2.24) is 9.55 Å². The zero-order valence-electron chi connectivity index (χ0n) is 15.6. The molecular formula is C21H17N3O5S. The highest BCUT2D eigenvalue weighted by molar-refractivity contribution is 7.89. The van der Waals surface area contributed by atoms with Gasteiger partial charge in [0.1, 0.15) is 11.4 Å². The lowest BCUT2D eigenvalue weighted by atomic mass is 10.1. The van der Waals surface area contributed by atoms with Gasteiger partial charge in [0.2, 0.25) is 15.9 Å². The van der Waals surface area contributed by atoms with Gasteiger partial charge >= 0.3 is 5.97 Å². The largest absolute Gasteiger partial charge is 0.477 e. The summed E-state index contributed by atoms with van der Waals surface area (Å²) in [4.78, 5) is 15.9. The zero-order valence-corrected chi connectivity index (χ0v) is 16.4. The number of primary sulfonamides is 1. The molecule has 8 nitrogen and oxygen atoms in total. The average molecular weight is 423 g/mol. The molecule has 4 aromatic rings. The Kier molecular flexibility index (Phi) is 4.98. The summed E-state index contributed by atoms with van der Waals surface area (Å²) in [6.07, 6.45) is 1.64. The number of hydrogen-bond donors (Lipinski definition) is 2. The first kappa shape index (κ1) is 19.6. The number of carbonyl (C=O) groups is 1. The van der Waals surface area contributed by atoms with Gasteiger partial charge in [-0.15, -0.1) is 0 Å². The summed E-state index contributed by atoms with van der Waals surface area (Å²) < 4.78 is 30.6. The average Bonchev–Trinajstić information content (AvgIpc) is 3.36. The van der Waals surface area contributed by atoms with Crippen LogP contribution in [0.2, 0.25) is 0 Å². The number of hydrogen-bond acceptors (Lipinski definition) is 5. The fourth-order valence-corrected chi connectivity index (χ4v) is 3.62. The van der Waals surface area contributed by atoms with E-state index in [9.17, 15) is 18.3 Å². The molecule has 4 rings (SSSR count). The highest BCUT2D eigenvalue weighted by Gasteiger charge is 2.19. The van der Waals surface area contributed by atoms with E-state index in [1.54, 1.807) is 24.4 Å². The second-order valence-electron chi connectivity index (χ2n) is 6.55. The zero-order chi connectivity index (χ0) is 21.3. The molecule has 9 heteroatoms. The van der Waals surface area contributed by atoms with E-state index in [1.165, 1.54) is 22.8 Å². The normalized spacial score (nSPS) is 11.5. The summed E-state index contributed by atoms with van der Waals surface area (Å²) >= 11 is 0. The first-order chi connectivity index (χ1) is 14.3. The molecular weight excluding hydrogens is 406 g/mol. The summed E-state index contributed by atoms with van der Waals surface area (Å²) in [5.41, 5.74) is 2.11. The van der Waals surface area contributed by atoms with Gasteiger partial charge in [-0.2, -0.15) is 0 Å². The molecule has 0 saturated carbocycles. The Bertz CT molecular complexity index is 1310. The predicted octanol–water partition coefficient (Wildman–Crippen LogP) is 3.20. The minimum atomic E-state index is -3.81. The van der Waals surface area contributed by atoms with E-state index >= 15 is 0 Å². The monoisotopic (exact) mass is 423 g/mol. The number of benzene rings is 2. The fraction of sp³-hybridized carbons (Fsp3) is 0.0476. The highest BCUT2D eigenvalue weighted by atomic mass is 32.2. The van der Waals surface area contributed by atoms with Crippen molar-refractivity contribution < 1.29 is 22.7 Å². The van der Waals surface area contributed by atoms with Gasteiger partial charge < -0.3 is 14.1 Å². The molecule has 2 heterocycles. The molecule has 0 aliphatic rings. The molecule has 0 atom stereocenters. The van der Waals surface area contributed by atoms with Gasteiger partial charge in [-0.1, -0.05) is 30.3 Å². The van der Waals surface area contributed by atoms with Gasteiger partial charge in [0, 0.05) is 17.3 Å². The molecule has 2 aromatic heterocycles. The first-order valence-corrected chi connectivity index (χ1v) is 10.4. The third kappa shape index (κ3) is 3.88. The number of aromatic nitrogens is 2. The van der Waals surface area contributed by atoms with Gasteiger partial charge in [-0.25, -0.2) is 23.3 Å². The smallest absolute Gasteiger partial charge is 0.352 e. The van der Waals surface area contributed by atoms with Crippen LogP contribution in [-0.2, 0) is 16.6 Å². The van der Waals surface area contributed by atoms with E-state index in [-0.39, 0.29) is 17.1 Å². The van der Waals surface area contributed by atoms with Crippen molar-refractivity contribution in [3.63, 3.8) is 0 Å². The van der Waals surface area contributed by atoms with Gasteiger partial charge in [0.05, 0.1) is 11.4 Å². The van der Waals surface area contributed by atoms with Crippen molar-refractivity contribution >= 4 is 16.0 Å². The van der Waals surface area contributed by atoms with Crippen LogP contribution < -0.4 is 5.14 Å².